The first-order chi connectivity index (χ1) is 19.3. The number of benzene rings is 5. The summed E-state index contributed by atoms with van der Waals surface area (Å²) in [5, 5.41) is 1.03. The molecule has 0 bridgehead atoms. The van der Waals surface area contributed by atoms with Gasteiger partial charge in [-0.3, -0.25) is 0 Å². The molecule has 0 aliphatic rings. The van der Waals surface area contributed by atoms with Crippen LogP contribution in [0.4, 0.5) is 0 Å². The van der Waals surface area contributed by atoms with E-state index in [9.17, 15) is 0 Å². The molecule has 0 atom stereocenters. The fourth-order valence-corrected chi connectivity index (χ4v) is 5.54. The van der Waals surface area contributed by atoms with Crippen LogP contribution in [0.3, 0.4) is 0 Å². The van der Waals surface area contributed by atoms with Crippen LogP contribution >= 0.6 is 11.3 Å². The van der Waals surface area contributed by atoms with Gasteiger partial charge in [0.05, 0.1) is 10.2 Å². The maximum Gasteiger partial charge on any atom is 0.164 e. The average Bonchev–Trinajstić information content (AvgIpc) is 3.46. The summed E-state index contributed by atoms with van der Waals surface area (Å²) in [6.07, 6.45) is 0. The van der Waals surface area contributed by atoms with Gasteiger partial charge in [-0.1, -0.05) is 115 Å². The number of thiazole rings is 1. The third-order valence-corrected chi connectivity index (χ3v) is 7.65. The molecule has 0 spiro atoms. The summed E-state index contributed by atoms with van der Waals surface area (Å²) in [5.41, 5.74) is 7.18. The Morgan fingerprint density at radius 1 is 0.359 bits per heavy atom. The normalized spacial score (nSPS) is 11.1. The van der Waals surface area contributed by atoms with Gasteiger partial charge in [0.15, 0.2) is 17.5 Å². The van der Waals surface area contributed by atoms with Crippen LogP contribution in [0.1, 0.15) is 0 Å². The molecule has 0 unspecified atom stereocenters. The molecule has 7 rings (SSSR count). The van der Waals surface area contributed by atoms with Crippen LogP contribution in [0.2, 0.25) is 0 Å². The van der Waals surface area contributed by atoms with Gasteiger partial charge in [-0.25, -0.2) is 19.9 Å². The van der Waals surface area contributed by atoms with Crippen molar-refractivity contribution in [3.63, 3.8) is 0 Å². The molecule has 0 N–H and O–H groups in total. The minimum absolute atomic E-state index is 0.644. The minimum Gasteiger partial charge on any atom is -0.236 e. The molecular weight excluding hydrogens is 496 g/mol. The Bertz CT molecular complexity index is 1840. The summed E-state index contributed by atoms with van der Waals surface area (Å²) in [6.45, 7) is 0. The maximum atomic E-state index is 4.93. The zero-order chi connectivity index (χ0) is 26.0. The summed E-state index contributed by atoms with van der Waals surface area (Å²) in [5.74, 6) is 1.95. The molecule has 0 saturated heterocycles. The first kappa shape index (κ1) is 23.1. The molecule has 0 aliphatic heterocycles. The lowest BCUT2D eigenvalue weighted by atomic mass is 10.0. The van der Waals surface area contributed by atoms with E-state index >= 15 is 0 Å². The van der Waals surface area contributed by atoms with E-state index in [0.717, 1.165) is 43.9 Å². The van der Waals surface area contributed by atoms with Crippen LogP contribution < -0.4 is 0 Å². The Labute approximate surface area is 230 Å². The van der Waals surface area contributed by atoms with E-state index in [2.05, 4.69) is 54.6 Å². The van der Waals surface area contributed by atoms with Gasteiger partial charge in [0.1, 0.15) is 5.01 Å². The fraction of sp³-hybridized carbons (Fsp3) is 0. The SMILES string of the molecule is c1ccc(-c2nc(-c3ccccc3)nc(-c3cccc(-c4ccc5sc(-c6ccccc6)nc5c4)c3)n2)cc1. The molecular formula is C34H22N4S. The number of nitrogens with zero attached hydrogens (tertiary/aromatic N) is 4. The molecule has 2 heterocycles. The molecule has 7 aromatic rings. The first-order valence-electron chi connectivity index (χ1n) is 12.7. The van der Waals surface area contributed by atoms with Gasteiger partial charge in [0.25, 0.3) is 0 Å². The quantitative estimate of drug-likeness (QED) is 0.228. The largest absolute Gasteiger partial charge is 0.236 e. The summed E-state index contributed by atoms with van der Waals surface area (Å²) in [6, 6.07) is 45.3. The summed E-state index contributed by atoms with van der Waals surface area (Å²) >= 11 is 1.72. The zero-order valence-electron chi connectivity index (χ0n) is 20.9. The van der Waals surface area contributed by atoms with Crippen LogP contribution in [0, 0.1) is 0 Å². The predicted octanol–water partition coefficient (Wildman–Crippen LogP) is 8.82. The van der Waals surface area contributed by atoms with E-state index in [-0.39, 0.29) is 0 Å². The van der Waals surface area contributed by atoms with Crippen LogP contribution in [0.25, 0.3) is 66.1 Å². The number of aromatic nitrogens is 4. The van der Waals surface area contributed by atoms with E-state index < -0.39 is 0 Å². The molecule has 2 aromatic heterocycles. The molecule has 0 aliphatic carbocycles. The van der Waals surface area contributed by atoms with Crippen molar-refractivity contribution < 1.29 is 0 Å². The Kier molecular flexibility index (Phi) is 5.96. The zero-order valence-corrected chi connectivity index (χ0v) is 21.7. The number of rotatable bonds is 5. The molecule has 5 aromatic carbocycles. The van der Waals surface area contributed by atoms with Gasteiger partial charge in [-0.2, -0.15) is 0 Å². The van der Waals surface area contributed by atoms with Crippen molar-refractivity contribution >= 4 is 21.6 Å². The number of hydrogen-bond donors (Lipinski definition) is 0. The van der Waals surface area contributed by atoms with Crippen molar-refractivity contribution in [2.75, 3.05) is 0 Å². The lowest BCUT2D eigenvalue weighted by Gasteiger charge is -2.09. The Hall–Kier alpha value is -5.00. The lowest BCUT2D eigenvalue weighted by Crippen LogP contribution is -2.00. The number of hydrogen-bond acceptors (Lipinski definition) is 5. The van der Waals surface area contributed by atoms with E-state index in [1.807, 2.05) is 78.9 Å². The second-order valence-electron chi connectivity index (χ2n) is 9.19. The summed E-state index contributed by atoms with van der Waals surface area (Å²) < 4.78 is 1.17. The van der Waals surface area contributed by atoms with Crippen molar-refractivity contribution in [3.8, 4) is 55.9 Å². The highest BCUT2D eigenvalue weighted by Crippen LogP contribution is 2.34. The topological polar surface area (TPSA) is 51.6 Å². The Morgan fingerprint density at radius 3 is 1.46 bits per heavy atom. The molecule has 39 heavy (non-hydrogen) atoms. The number of fused-ring (bicyclic) bond motifs is 1. The maximum absolute atomic E-state index is 4.93. The van der Waals surface area contributed by atoms with Gasteiger partial charge < -0.3 is 0 Å². The second-order valence-corrected chi connectivity index (χ2v) is 10.2. The van der Waals surface area contributed by atoms with Crippen molar-refractivity contribution in [3.05, 3.63) is 133 Å². The lowest BCUT2D eigenvalue weighted by molar-refractivity contribution is 1.07. The van der Waals surface area contributed by atoms with Crippen molar-refractivity contribution in [2.24, 2.45) is 0 Å². The Balaban J connectivity index is 1.31. The molecule has 0 fully saturated rings. The molecule has 4 nitrogen and oxygen atoms in total. The van der Waals surface area contributed by atoms with Crippen molar-refractivity contribution in [1.29, 1.82) is 0 Å². The van der Waals surface area contributed by atoms with Crippen LogP contribution in [0.15, 0.2) is 133 Å². The summed E-state index contributed by atoms with van der Waals surface area (Å²) in [7, 11) is 0. The Morgan fingerprint density at radius 2 is 0.846 bits per heavy atom. The van der Waals surface area contributed by atoms with E-state index in [1.165, 1.54) is 4.70 Å². The third kappa shape index (κ3) is 4.72. The molecule has 0 radical (unpaired) electrons. The third-order valence-electron chi connectivity index (χ3n) is 6.56. The molecule has 0 saturated carbocycles. The molecule has 5 heteroatoms. The standard InChI is InChI=1S/C34H22N4S/c1-4-11-23(12-5-1)31-36-32(24-13-6-2-7-14-24)38-33(37-31)28-18-10-17-26(21-28)27-19-20-30-29(22-27)35-34(39-30)25-15-8-3-9-16-25/h1-22H. The highest BCUT2D eigenvalue weighted by Gasteiger charge is 2.13. The van der Waals surface area contributed by atoms with E-state index in [4.69, 9.17) is 19.9 Å². The fourth-order valence-electron chi connectivity index (χ4n) is 4.59. The highest BCUT2D eigenvalue weighted by atomic mass is 32.1. The van der Waals surface area contributed by atoms with Gasteiger partial charge in [-0.15, -0.1) is 11.3 Å². The van der Waals surface area contributed by atoms with Gasteiger partial charge in [0.2, 0.25) is 0 Å². The smallest absolute Gasteiger partial charge is 0.164 e. The first-order valence-corrected chi connectivity index (χ1v) is 13.6. The predicted molar refractivity (Wildman–Crippen MR) is 160 cm³/mol. The molecule has 184 valence electrons. The highest BCUT2D eigenvalue weighted by molar-refractivity contribution is 7.21. The van der Waals surface area contributed by atoms with Crippen LogP contribution in [-0.2, 0) is 0 Å². The minimum atomic E-state index is 0.644. The molecule has 0 amide bonds. The van der Waals surface area contributed by atoms with Crippen LogP contribution in [-0.4, -0.2) is 19.9 Å². The summed E-state index contributed by atoms with van der Waals surface area (Å²) in [4.78, 5) is 19.5. The van der Waals surface area contributed by atoms with E-state index in [0.29, 0.717) is 17.5 Å². The monoisotopic (exact) mass is 518 g/mol. The van der Waals surface area contributed by atoms with E-state index in [1.54, 1.807) is 11.3 Å². The van der Waals surface area contributed by atoms with Gasteiger partial charge in [-0.05, 0) is 29.3 Å². The van der Waals surface area contributed by atoms with Crippen molar-refractivity contribution in [1.82, 2.24) is 19.9 Å². The van der Waals surface area contributed by atoms with Gasteiger partial charge in [0, 0.05) is 22.3 Å². The van der Waals surface area contributed by atoms with Crippen molar-refractivity contribution in [2.45, 2.75) is 0 Å². The second kappa shape index (κ2) is 10.0. The van der Waals surface area contributed by atoms with Crippen LogP contribution in [0.5, 0.6) is 0 Å². The average molecular weight is 519 g/mol. The van der Waals surface area contributed by atoms with Gasteiger partial charge >= 0.3 is 0 Å².